The lowest BCUT2D eigenvalue weighted by atomic mass is 10.1. The second-order valence-corrected chi connectivity index (χ2v) is 7.41. The SMILES string of the molecule is O=C1N=NC(CSc2nonc2C(=Nc2ccc(F)c(Br)c2)NO)=CC1C(F)(F)F. The first-order chi connectivity index (χ1) is 14.2. The number of azo groups is 1. The predicted octanol–water partition coefficient (Wildman–Crippen LogP) is 4.18. The van der Waals surface area contributed by atoms with Gasteiger partial charge in [-0.1, -0.05) is 11.8 Å². The maximum Gasteiger partial charge on any atom is 0.404 e. The van der Waals surface area contributed by atoms with E-state index in [1.54, 1.807) is 0 Å². The van der Waals surface area contributed by atoms with Gasteiger partial charge in [0.1, 0.15) is 5.82 Å². The zero-order valence-corrected chi connectivity index (χ0v) is 16.8. The molecule has 0 saturated carbocycles. The van der Waals surface area contributed by atoms with Crippen LogP contribution in [0.4, 0.5) is 23.2 Å². The standard InChI is InChI=1S/C15H9BrF4N6O3S/c16-9-4-6(1-2-10(9)17)21-12(24-28)11-14(26-29-25-11)30-5-7-3-8(15(18,19)20)13(27)23-22-7/h1-4,8,28H,5H2,(H,21,24). The summed E-state index contributed by atoms with van der Waals surface area (Å²) in [4.78, 5) is 15.3. The Hall–Kier alpha value is -2.65. The quantitative estimate of drug-likeness (QED) is 0.204. The van der Waals surface area contributed by atoms with Gasteiger partial charge in [0.15, 0.2) is 22.5 Å². The number of aromatic nitrogens is 2. The van der Waals surface area contributed by atoms with Crippen LogP contribution in [0.1, 0.15) is 5.69 Å². The number of hydrogen-bond acceptors (Lipinski definition) is 8. The van der Waals surface area contributed by atoms with Crippen molar-refractivity contribution >= 4 is 45.1 Å². The number of nitrogens with one attached hydrogen (secondary N) is 1. The number of hydroxylamine groups is 1. The minimum absolute atomic E-state index is 0.0558. The van der Waals surface area contributed by atoms with Gasteiger partial charge in [-0.05, 0) is 50.5 Å². The summed E-state index contributed by atoms with van der Waals surface area (Å²) >= 11 is 3.87. The summed E-state index contributed by atoms with van der Waals surface area (Å²) in [5.41, 5.74) is 1.90. The molecule has 1 aliphatic rings. The van der Waals surface area contributed by atoms with Crippen molar-refractivity contribution in [2.24, 2.45) is 21.1 Å². The summed E-state index contributed by atoms with van der Waals surface area (Å²) in [5.74, 6) is -4.64. The molecule has 3 rings (SSSR count). The lowest BCUT2D eigenvalue weighted by molar-refractivity contribution is -0.171. The molecule has 0 spiro atoms. The van der Waals surface area contributed by atoms with Crippen LogP contribution < -0.4 is 5.48 Å². The fourth-order valence-electron chi connectivity index (χ4n) is 2.16. The Balaban J connectivity index is 1.79. The number of benzene rings is 1. The molecule has 0 radical (unpaired) electrons. The van der Waals surface area contributed by atoms with Crippen LogP contribution in [-0.4, -0.2) is 39.2 Å². The fourth-order valence-corrected chi connectivity index (χ4v) is 3.32. The molecular weight excluding hydrogens is 500 g/mol. The van der Waals surface area contributed by atoms with Crippen LogP contribution in [0.25, 0.3) is 0 Å². The predicted molar refractivity (Wildman–Crippen MR) is 97.7 cm³/mol. The monoisotopic (exact) mass is 508 g/mol. The number of amides is 1. The van der Waals surface area contributed by atoms with Crippen LogP contribution in [0.3, 0.4) is 0 Å². The number of carbonyl (C=O) groups is 1. The van der Waals surface area contributed by atoms with E-state index in [0.29, 0.717) is 6.08 Å². The van der Waals surface area contributed by atoms with Gasteiger partial charge in [0.25, 0.3) is 5.91 Å². The molecule has 1 unspecified atom stereocenters. The highest BCUT2D eigenvalue weighted by Gasteiger charge is 2.45. The van der Waals surface area contributed by atoms with Crippen molar-refractivity contribution < 1.29 is 32.2 Å². The van der Waals surface area contributed by atoms with E-state index in [1.165, 1.54) is 12.1 Å². The van der Waals surface area contributed by atoms with E-state index in [1.807, 2.05) is 5.48 Å². The van der Waals surface area contributed by atoms with Gasteiger partial charge in [-0.3, -0.25) is 15.5 Å². The minimum Gasteiger partial charge on any atom is -0.290 e. The van der Waals surface area contributed by atoms with Crippen LogP contribution in [0.15, 0.2) is 59.3 Å². The number of rotatable bonds is 5. The maximum atomic E-state index is 13.3. The Morgan fingerprint density at radius 2 is 2.10 bits per heavy atom. The summed E-state index contributed by atoms with van der Waals surface area (Å²) in [7, 11) is 0. The van der Waals surface area contributed by atoms with Gasteiger partial charge >= 0.3 is 6.18 Å². The number of carbonyl (C=O) groups excluding carboxylic acids is 1. The number of amidine groups is 1. The normalized spacial score (nSPS) is 17.3. The zero-order chi connectivity index (χ0) is 21.9. The van der Waals surface area contributed by atoms with E-state index >= 15 is 0 Å². The van der Waals surface area contributed by atoms with Crippen molar-refractivity contribution in [3.63, 3.8) is 0 Å². The molecule has 0 fully saturated rings. The van der Waals surface area contributed by atoms with Crippen LogP contribution in [0, 0.1) is 11.7 Å². The number of nitrogens with zero attached hydrogens (tertiary/aromatic N) is 5. The molecule has 1 atom stereocenters. The third kappa shape index (κ3) is 5.09. The highest BCUT2D eigenvalue weighted by molar-refractivity contribution is 9.10. The van der Waals surface area contributed by atoms with Gasteiger partial charge in [0.2, 0.25) is 0 Å². The lowest BCUT2D eigenvalue weighted by Crippen LogP contribution is -2.29. The minimum atomic E-state index is -4.78. The largest absolute Gasteiger partial charge is 0.404 e. The molecule has 1 aliphatic heterocycles. The first kappa shape index (κ1) is 22.0. The highest BCUT2D eigenvalue weighted by atomic mass is 79.9. The Kier molecular flexibility index (Phi) is 6.62. The Morgan fingerprint density at radius 1 is 1.33 bits per heavy atom. The van der Waals surface area contributed by atoms with E-state index in [4.69, 9.17) is 0 Å². The van der Waals surface area contributed by atoms with Gasteiger partial charge in [-0.15, -0.1) is 5.11 Å². The molecule has 9 nitrogen and oxygen atoms in total. The van der Waals surface area contributed by atoms with Crippen LogP contribution in [-0.2, 0) is 4.79 Å². The Bertz CT molecular complexity index is 1060. The number of thioether (sulfide) groups is 1. The average Bonchev–Trinajstić information content (AvgIpc) is 3.15. The molecule has 2 N–H and O–H groups in total. The van der Waals surface area contributed by atoms with E-state index in [9.17, 15) is 27.6 Å². The van der Waals surface area contributed by atoms with Crippen molar-refractivity contribution in [1.82, 2.24) is 15.8 Å². The van der Waals surface area contributed by atoms with Crippen molar-refractivity contribution in [2.45, 2.75) is 11.2 Å². The van der Waals surface area contributed by atoms with Gasteiger partial charge in [-0.2, -0.15) is 18.3 Å². The van der Waals surface area contributed by atoms with Crippen molar-refractivity contribution in [1.29, 1.82) is 0 Å². The van der Waals surface area contributed by atoms with Crippen molar-refractivity contribution in [3.05, 3.63) is 46.0 Å². The second kappa shape index (κ2) is 9.01. The lowest BCUT2D eigenvalue weighted by Gasteiger charge is -2.16. The Morgan fingerprint density at radius 3 is 2.77 bits per heavy atom. The van der Waals surface area contributed by atoms with Crippen molar-refractivity contribution in [2.75, 3.05) is 5.75 Å². The molecular formula is C15H9BrF4N6O3S. The molecule has 0 saturated heterocycles. The topological polar surface area (TPSA) is 125 Å². The molecule has 1 amide bonds. The van der Waals surface area contributed by atoms with Crippen LogP contribution in [0.2, 0.25) is 0 Å². The molecule has 1 aromatic heterocycles. The van der Waals surface area contributed by atoms with E-state index in [2.05, 4.69) is 46.1 Å². The summed E-state index contributed by atoms with van der Waals surface area (Å²) in [6.07, 6.45) is -4.11. The summed E-state index contributed by atoms with van der Waals surface area (Å²) in [6, 6.07) is 3.82. The third-order valence-corrected chi connectivity index (χ3v) is 5.13. The van der Waals surface area contributed by atoms with Crippen molar-refractivity contribution in [3.8, 4) is 0 Å². The zero-order valence-electron chi connectivity index (χ0n) is 14.4. The molecule has 0 bridgehead atoms. The maximum absolute atomic E-state index is 13.3. The molecule has 2 aromatic rings. The number of halogens is 5. The highest BCUT2D eigenvalue weighted by Crippen LogP contribution is 2.33. The molecule has 0 aliphatic carbocycles. The van der Waals surface area contributed by atoms with Gasteiger partial charge in [0.05, 0.1) is 15.9 Å². The smallest absolute Gasteiger partial charge is 0.290 e. The number of aliphatic imine (C=N–C) groups is 1. The number of hydrogen-bond donors (Lipinski definition) is 2. The molecule has 1 aromatic carbocycles. The number of alkyl halides is 3. The van der Waals surface area contributed by atoms with Gasteiger partial charge in [0, 0.05) is 5.75 Å². The van der Waals surface area contributed by atoms with E-state index in [0.717, 1.165) is 17.8 Å². The van der Waals surface area contributed by atoms with E-state index in [-0.39, 0.29) is 38.2 Å². The van der Waals surface area contributed by atoms with Gasteiger partial charge < -0.3 is 0 Å². The molecule has 15 heteroatoms. The summed E-state index contributed by atoms with van der Waals surface area (Å²) in [6.45, 7) is 0. The molecule has 2 heterocycles. The fraction of sp³-hybridized carbons (Fsp3) is 0.200. The second-order valence-electron chi connectivity index (χ2n) is 5.59. The van der Waals surface area contributed by atoms with E-state index < -0.39 is 23.8 Å². The van der Waals surface area contributed by atoms with Gasteiger partial charge in [-0.25, -0.2) is 14.0 Å². The Labute approximate surface area is 177 Å². The summed E-state index contributed by atoms with van der Waals surface area (Å²) < 4.78 is 56.7. The summed E-state index contributed by atoms with van der Waals surface area (Å²) in [5, 5.41) is 23.1. The van der Waals surface area contributed by atoms with Crippen LogP contribution >= 0.6 is 27.7 Å². The third-order valence-electron chi connectivity index (χ3n) is 3.54. The first-order valence-electron chi connectivity index (χ1n) is 7.81. The van der Waals surface area contributed by atoms with Crippen LogP contribution in [0.5, 0.6) is 0 Å². The molecule has 30 heavy (non-hydrogen) atoms. The molecule has 158 valence electrons. The first-order valence-corrected chi connectivity index (χ1v) is 9.59. The average molecular weight is 509 g/mol.